The van der Waals surface area contributed by atoms with Crippen molar-refractivity contribution >= 4 is 5.71 Å². The lowest BCUT2D eigenvalue weighted by Crippen LogP contribution is -2.26. The summed E-state index contributed by atoms with van der Waals surface area (Å²) in [6.07, 6.45) is 11.7. The van der Waals surface area contributed by atoms with Crippen LogP contribution in [0.5, 0.6) is 0 Å². The highest BCUT2D eigenvalue weighted by atomic mass is 16.4. The largest absolute Gasteiger partial charge is 0.411 e. The zero-order valence-corrected chi connectivity index (χ0v) is 10.1. The van der Waals surface area contributed by atoms with Crippen LogP contribution in [0.4, 0.5) is 0 Å². The maximum atomic E-state index is 9.01. The van der Waals surface area contributed by atoms with Gasteiger partial charge >= 0.3 is 0 Å². The lowest BCUT2D eigenvalue weighted by Gasteiger charge is -1.98. The van der Waals surface area contributed by atoms with Crippen molar-refractivity contribution in [2.24, 2.45) is 19.3 Å². The van der Waals surface area contributed by atoms with E-state index in [-0.39, 0.29) is 0 Å². The smallest absolute Gasteiger partial charge is 0.243 e. The molecule has 1 N–H and O–H groups in total. The maximum absolute atomic E-state index is 9.01. The summed E-state index contributed by atoms with van der Waals surface area (Å²) in [5, 5.41) is 12.4. The summed E-state index contributed by atoms with van der Waals surface area (Å²) >= 11 is 0. The van der Waals surface area contributed by atoms with Crippen molar-refractivity contribution in [3.8, 4) is 0 Å². The topological polar surface area (TPSA) is 50.2 Å². The van der Waals surface area contributed by atoms with Gasteiger partial charge in [-0.1, -0.05) is 5.16 Å². The zero-order chi connectivity index (χ0) is 12.3. The third-order valence-corrected chi connectivity index (χ3v) is 2.52. The molecule has 2 aromatic rings. The first kappa shape index (κ1) is 11.4. The molecule has 0 amide bonds. The molecule has 6 heteroatoms. The van der Waals surface area contributed by atoms with Crippen LogP contribution in [-0.2, 0) is 27.2 Å². The van der Waals surface area contributed by atoms with Crippen molar-refractivity contribution < 1.29 is 14.3 Å². The Hall–Kier alpha value is -2.11. The second-order valence-electron chi connectivity index (χ2n) is 4.17. The monoisotopic (exact) mass is 235 g/mol. The van der Waals surface area contributed by atoms with Crippen LogP contribution < -0.4 is 9.13 Å². The molecule has 0 saturated carbocycles. The molecule has 0 spiro atoms. The lowest BCUT2D eigenvalue weighted by atomic mass is 10.3. The van der Waals surface area contributed by atoms with Crippen molar-refractivity contribution in [1.29, 1.82) is 0 Å². The van der Waals surface area contributed by atoms with Crippen molar-refractivity contribution in [2.75, 3.05) is 0 Å². The van der Waals surface area contributed by atoms with Crippen LogP contribution >= 0.6 is 0 Å². The summed E-state index contributed by atoms with van der Waals surface area (Å²) < 4.78 is 7.84. The molecule has 0 radical (unpaired) electrons. The van der Waals surface area contributed by atoms with Crippen molar-refractivity contribution in [3.05, 3.63) is 37.4 Å². The first-order valence-electron chi connectivity index (χ1n) is 5.39. The normalized spacial score (nSPS) is 10.5. The van der Waals surface area contributed by atoms with Crippen molar-refractivity contribution in [1.82, 2.24) is 9.13 Å². The van der Waals surface area contributed by atoms with Gasteiger partial charge in [-0.25, -0.2) is 18.3 Å². The molecule has 2 heterocycles. The highest BCUT2D eigenvalue weighted by Crippen LogP contribution is 1.93. The van der Waals surface area contributed by atoms with E-state index in [1.54, 1.807) is 0 Å². The molecule has 0 saturated heterocycles. The highest BCUT2D eigenvalue weighted by Gasteiger charge is 2.11. The van der Waals surface area contributed by atoms with Crippen LogP contribution in [0.1, 0.15) is 0 Å². The summed E-state index contributed by atoms with van der Waals surface area (Å²) in [5.41, 5.74) is 0.706. The molecule has 0 aliphatic rings. The molecular formula is C11H17N5O+2. The third-order valence-electron chi connectivity index (χ3n) is 2.52. The molecule has 0 unspecified atom stereocenters. The molecule has 0 fully saturated rings. The zero-order valence-electron chi connectivity index (χ0n) is 10.1. The fraction of sp³-hybridized carbons (Fsp3) is 0.364. The average molecular weight is 235 g/mol. The summed E-state index contributed by atoms with van der Waals surface area (Å²) in [7, 11) is 3.91. The fourth-order valence-electron chi connectivity index (χ4n) is 1.73. The molecule has 90 valence electrons. The third kappa shape index (κ3) is 2.93. The second kappa shape index (κ2) is 4.82. The minimum absolute atomic E-state index is 0.583. The van der Waals surface area contributed by atoms with Gasteiger partial charge in [0, 0.05) is 0 Å². The minimum Gasteiger partial charge on any atom is -0.411 e. The van der Waals surface area contributed by atoms with Crippen molar-refractivity contribution in [2.45, 2.75) is 13.1 Å². The molecular weight excluding hydrogens is 218 g/mol. The van der Waals surface area contributed by atoms with Gasteiger partial charge in [-0.3, -0.25) is 0 Å². The molecule has 2 aromatic heterocycles. The first-order chi connectivity index (χ1) is 8.17. The molecule has 2 rings (SSSR count). The van der Waals surface area contributed by atoms with Gasteiger partial charge < -0.3 is 5.21 Å². The van der Waals surface area contributed by atoms with Crippen LogP contribution in [0.3, 0.4) is 0 Å². The summed E-state index contributed by atoms with van der Waals surface area (Å²) in [6.45, 7) is 1.17. The SMILES string of the molecule is C[n+]1ccn(CC(Cn2cc[n+](C)c2)=NO)c1. The highest BCUT2D eigenvalue weighted by molar-refractivity contribution is 5.83. The minimum atomic E-state index is 0.583. The number of hydrogen-bond donors (Lipinski definition) is 1. The predicted molar refractivity (Wildman–Crippen MR) is 60.4 cm³/mol. The van der Waals surface area contributed by atoms with Gasteiger partial charge in [-0.2, -0.15) is 0 Å². The Labute approximate surface area is 99.7 Å². The Kier molecular flexibility index (Phi) is 3.22. The summed E-state index contributed by atoms with van der Waals surface area (Å²) in [6, 6.07) is 0. The summed E-state index contributed by atoms with van der Waals surface area (Å²) in [5.74, 6) is 0. The van der Waals surface area contributed by atoms with Crippen LogP contribution in [0, 0.1) is 0 Å². The molecule has 0 aromatic carbocycles. The Morgan fingerprint density at radius 1 is 1.06 bits per heavy atom. The average Bonchev–Trinajstić information content (AvgIpc) is 2.87. The van der Waals surface area contributed by atoms with Gasteiger partial charge in [0.05, 0.1) is 14.1 Å². The molecule has 0 atom stereocenters. The maximum Gasteiger partial charge on any atom is 0.243 e. The lowest BCUT2D eigenvalue weighted by molar-refractivity contribution is -0.671. The van der Waals surface area contributed by atoms with E-state index in [0.29, 0.717) is 18.8 Å². The number of oxime groups is 1. The Morgan fingerprint density at radius 2 is 1.53 bits per heavy atom. The number of aromatic nitrogens is 4. The molecule has 6 nitrogen and oxygen atoms in total. The van der Waals surface area contributed by atoms with Crippen LogP contribution in [0.25, 0.3) is 0 Å². The van der Waals surface area contributed by atoms with E-state index in [4.69, 9.17) is 5.21 Å². The molecule has 0 bridgehead atoms. The Morgan fingerprint density at radius 3 is 1.82 bits per heavy atom. The van der Waals surface area contributed by atoms with E-state index in [2.05, 4.69) is 5.16 Å². The van der Waals surface area contributed by atoms with E-state index in [0.717, 1.165) is 0 Å². The number of aryl methyl sites for hydroxylation is 2. The van der Waals surface area contributed by atoms with Crippen LogP contribution in [0.2, 0.25) is 0 Å². The van der Waals surface area contributed by atoms with E-state index in [9.17, 15) is 0 Å². The second-order valence-corrected chi connectivity index (χ2v) is 4.17. The van der Waals surface area contributed by atoms with Crippen molar-refractivity contribution in [3.63, 3.8) is 0 Å². The van der Waals surface area contributed by atoms with E-state index in [1.165, 1.54) is 0 Å². The number of rotatable bonds is 4. The Bertz CT molecular complexity index is 481. The van der Waals surface area contributed by atoms with E-state index < -0.39 is 0 Å². The quantitative estimate of drug-likeness (QED) is 0.329. The number of imidazole rings is 2. The van der Waals surface area contributed by atoms with Crippen LogP contribution in [-0.4, -0.2) is 20.1 Å². The van der Waals surface area contributed by atoms with Gasteiger partial charge in [-0.05, 0) is 0 Å². The number of nitrogens with zero attached hydrogens (tertiary/aromatic N) is 5. The van der Waals surface area contributed by atoms with Gasteiger partial charge in [0.2, 0.25) is 12.7 Å². The van der Waals surface area contributed by atoms with Gasteiger partial charge in [0.25, 0.3) is 0 Å². The molecule has 0 aliphatic heterocycles. The van der Waals surface area contributed by atoms with Crippen LogP contribution in [0.15, 0.2) is 42.6 Å². The van der Waals surface area contributed by atoms with Gasteiger partial charge in [0.15, 0.2) is 0 Å². The van der Waals surface area contributed by atoms with Gasteiger partial charge in [0.1, 0.15) is 43.6 Å². The molecule has 0 aliphatic carbocycles. The fourth-order valence-corrected chi connectivity index (χ4v) is 1.73. The predicted octanol–water partition coefficient (Wildman–Crippen LogP) is -0.531. The standard InChI is InChI=1S/C11H16N5O/c1-13-3-5-15(9-13)7-11(12-17)8-16-6-4-14(2)10-16/h3-6,9-10H,7-8H2,1-2H3/q+1/p+1. The number of hydrogen-bond acceptors (Lipinski definition) is 2. The van der Waals surface area contributed by atoms with E-state index >= 15 is 0 Å². The first-order valence-corrected chi connectivity index (χ1v) is 5.39. The molecule has 17 heavy (non-hydrogen) atoms. The van der Waals surface area contributed by atoms with E-state index in [1.807, 2.05) is 69.8 Å². The van der Waals surface area contributed by atoms with Gasteiger partial charge in [-0.15, -0.1) is 0 Å². The Balaban J connectivity index is 2.03. The summed E-state index contributed by atoms with van der Waals surface area (Å²) in [4.78, 5) is 0.